The maximum absolute atomic E-state index is 12.3. The van der Waals surface area contributed by atoms with Gasteiger partial charge in [-0.05, 0) is 49.9 Å². The first-order valence-electron chi connectivity index (χ1n) is 9.99. The molecular formula is C19H31N3O2. The van der Waals surface area contributed by atoms with Gasteiger partial charge in [-0.15, -0.1) is 0 Å². The third-order valence-corrected chi connectivity index (χ3v) is 6.82. The minimum absolute atomic E-state index is 0.0130. The van der Waals surface area contributed by atoms with Gasteiger partial charge < -0.3 is 15.5 Å². The van der Waals surface area contributed by atoms with Crippen LogP contribution < -0.4 is 10.6 Å². The highest BCUT2D eigenvalue weighted by molar-refractivity contribution is 5.80. The van der Waals surface area contributed by atoms with Crippen LogP contribution in [-0.2, 0) is 4.79 Å². The molecule has 4 aliphatic rings. The summed E-state index contributed by atoms with van der Waals surface area (Å²) in [5.74, 6) is 1.84. The molecule has 0 bridgehead atoms. The Morgan fingerprint density at radius 3 is 2.62 bits per heavy atom. The van der Waals surface area contributed by atoms with Crippen molar-refractivity contribution in [3.8, 4) is 0 Å². The Kier molecular flexibility index (Phi) is 4.44. The van der Waals surface area contributed by atoms with E-state index in [2.05, 4.69) is 22.5 Å². The predicted octanol–water partition coefficient (Wildman–Crippen LogP) is 2.65. The number of rotatable bonds is 4. The third kappa shape index (κ3) is 3.14. The van der Waals surface area contributed by atoms with E-state index in [0.29, 0.717) is 54.8 Å². The molecular weight excluding hydrogens is 302 g/mol. The number of carbonyl (C=O) groups excluding carboxylic acids is 2. The number of nitrogens with zero attached hydrogens (tertiary/aromatic N) is 1. The maximum atomic E-state index is 12.3. The molecule has 0 unspecified atom stereocenters. The summed E-state index contributed by atoms with van der Waals surface area (Å²) < 4.78 is 0. The van der Waals surface area contributed by atoms with Crippen molar-refractivity contribution in [3.63, 3.8) is 0 Å². The number of hydrogen-bond donors (Lipinski definition) is 2. The van der Waals surface area contributed by atoms with Gasteiger partial charge in [0.2, 0.25) is 5.91 Å². The average molecular weight is 333 g/mol. The van der Waals surface area contributed by atoms with Gasteiger partial charge in [0.05, 0.1) is 0 Å². The number of carbonyl (C=O) groups is 2. The van der Waals surface area contributed by atoms with Crippen LogP contribution in [0.3, 0.4) is 0 Å². The SMILES string of the molecule is C[C@H]1C[C@@H]2[C@@H](CC(=O)N2C2CC2)[C@@H]1CNC(=O)NC1CCCCC1. The van der Waals surface area contributed by atoms with E-state index in [9.17, 15) is 9.59 Å². The molecule has 3 amide bonds. The Hall–Kier alpha value is -1.26. The highest BCUT2D eigenvalue weighted by Gasteiger charge is 2.53. The molecule has 24 heavy (non-hydrogen) atoms. The van der Waals surface area contributed by atoms with Crippen LogP contribution in [0.15, 0.2) is 0 Å². The molecule has 1 saturated heterocycles. The van der Waals surface area contributed by atoms with Crippen LogP contribution in [0.25, 0.3) is 0 Å². The smallest absolute Gasteiger partial charge is 0.315 e. The molecule has 4 rings (SSSR count). The fraction of sp³-hybridized carbons (Fsp3) is 0.895. The Morgan fingerprint density at radius 2 is 1.92 bits per heavy atom. The second-order valence-corrected chi connectivity index (χ2v) is 8.53. The van der Waals surface area contributed by atoms with Gasteiger partial charge in [-0.1, -0.05) is 26.2 Å². The van der Waals surface area contributed by atoms with Crippen molar-refractivity contribution in [2.45, 2.75) is 82.8 Å². The normalized spacial score (nSPS) is 36.7. The van der Waals surface area contributed by atoms with Gasteiger partial charge >= 0.3 is 6.03 Å². The Bertz CT molecular complexity index is 499. The van der Waals surface area contributed by atoms with E-state index < -0.39 is 0 Å². The van der Waals surface area contributed by atoms with E-state index in [1.165, 1.54) is 32.1 Å². The summed E-state index contributed by atoms with van der Waals surface area (Å²) in [7, 11) is 0. The van der Waals surface area contributed by atoms with E-state index in [0.717, 1.165) is 19.3 Å². The predicted molar refractivity (Wildman–Crippen MR) is 92.4 cm³/mol. The van der Waals surface area contributed by atoms with Crippen molar-refractivity contribution in [1.29, 1.82) is 0 Å². The lowest BCUT2D eigenvalue weighted by molar-refractivity contribution is -0.129. The van der Waals surface area contributed by atoms with Gasteiger partial charge in [0.15, 0.2) is 0 Å². The summed E-state index contributed by atoms with van der Waals surface area (Å²) in [6, 6.07) is 1.31. The highest BCUT2D eigenvalue weighted by Crippen LogP contribution is 2.49. The Balaban J connectivity index is 1.29. The maximum Gasteiger partial charge on any atom is 0.315 e. The standard InChI is InChI=1S/C19H31N3O2/c1-12-9-17-15(10-18(23)22(17)14-7-8-14)16(12)11-20-19(24)21-13-5-3-2-4-6-13/h12-17H,2-11H2,1H3,(H2,20,21,24)/t12-,15-,16+,17+/m0/s1. The van der Waals surface area contributed by atoms with Crippen LogP contribution >= 0.6 is 0 Å². The number of urea groups is 1. The molecule has 4 atom stereocenters. The fourth-order valence-electron chi connectivity index (χ4n) is 5.41. The van der Waals surface area contributed by atoms with E-state index in [1.807, 2.05) is 0 Å². The van der Waals surface area contributed by atoms with E-state index in [4.69, 9.17) is 0 Å². The zero-order valence-electron chi connectivity index (χ0n) is 14.8. The second-order valence-electron chi connectivity index (χ2n) is 8.53. The van der Waals surface area contributed by atoms with Crippen molar-refractivity contribution in [1.82, 2.24) is 15.5 Å². The third-order valence-electron chi connectivity index (χ3n) is 6.82. The van der Waals surface area contributed by atoms with Crippen LogP contribution in [0.2, 0.25) is 0 Å². The topological polar surface area (TPSA) is 61.4 Å². The summed E-state index contributed by atoms with van der Waals surface area (Å²) in [6.07, 6.45) is 10.2. The lowest BCUT2D eigenvalue weighted by atomic mass is 9.88. The molecule has 0 aromatic rings. The zero-order valence-corrected chi connectivity index (χ0v) is 14.8. The first-order valence-corrected chi connectivity index (χ1v) is 9.99. The number of fused-ring (bicyclic) bond motifs is 1. The van der Waals surface area contributed by atoms with Gasteiger partial charge in [0.1, 0.15) is 0 Å². The lowest BCUT2D eigenvalue weighted by Crippen LogP contribution is -2.45. The van der Waals surface area contributed by atoms with Crippen LogP contribution in [0.1, 0.15) is 64.7 Å². The van der Waals surface area contributed by atoms with Crippen molar-refractivity contribution in [2.75, 3.05) is 6.54 Å². The Labute approximate surface area is 144 Å². The molecule has 0 aromatic heterocycles. The molecule has 5 nitrogen and oxygen atoms in total. The molecule has 2 N–H and O–H groups in total. The molecule has 134 valence electrons. The highest BCUT2D eigenvalue weighted by atomic mass is 16.2. The summed E-state index contributed by atoms with van der Waals surface area (Å²) >= 11 is 0. The first kappa shape index (κ1) is 16.2. The van der Waals surface area contributed by atoms with Crippen molar-refractivity contribution in [2.24, 2.45) is 17.8 Å². The quantitative estimate of drug-likeness (QED) is 0.831. The van der Waals surface area contributed by atoms with E-state index in [1.54, 1.807) is 0 Å². The molecule has 0 aromatic carbocycles. The number of nitrogens with one attached hydrogen (secondary N) is 2. The second kappa shape index (κ2) is 6.57. The summed E-state index contributed by atoms with van der Waals surface area (Å²) in [5.41, 5.74) is 0. The van der Waals surface area contributed by atoms with Crippen LogP contribution in [-0.4, -0.2) is 41.5 Å². The molecule has 3 saturated carbocycles. The molecule has 0 spiro atoms. The first-order chi connectivity index (χ1) is 11.6. The van der Waals surface area contributed by atoms with Crippen LogP contribution in [0, 0.1) is 17.8 Å². The van der Waals surface area contributed by atoms with Crippen LogP contribution in [0.4, 0.5) is 4.79 Å². The van der Waals surface area contributed by atoms with Gasteiger partial charge in [-0.25, -0.2) is 4.79 Å². The molecule has 3 aliphatic carbocycles. The Morgan fingerprint density at radius 1 is 1.17 bits per heavy atom. The molecule has 5 heteroatoms. The molecule has 1 heterocycles. The lowest BCUT2D eigenvalue weighted by Gasteiger charge is -2.25. The summed E-state index contributed by atoms with van der Waals surface area (Å²) in [4.78, 5) is 26.8. The van der Waals surface area contributed by atoms with Crippen LogP contribution in [0.5, 0.6) is 0 Å². The average Bonchev–Trinajstić information content (AvgIpc) is 3.27. The number of hydrogen-bond acceptors (Lipinski definition) is 2. The van der Waals surface area contributed by atoms with Crippen molar-refractivity contribution >= 4 is 11.9 Å². The van der Waals surface area contributed by atoms with Crippen molar-refractivity contribution < 1.29 is 9.59 Å². The fourth-order valence-corrected chi connectivity index (χ4v) is 5.41. The molecule has 1 aliphatic heterocycles. The minimum atomic E-state index is -0.0130. The van der Waals surface area contributed by atoms with Gasteiger partial charge in [-0.3, -0.25) is 4.79 Å². The summed E-state index contributed by atoms with van der Waals surface area (Å²) in [5, 5.41) is 6.25. The minimum Gasteiger partial charge on any atom is -0.338 e. The monoisotopic (exact) mass is 333 g/mol. The van der Waals surface area contributed by atoms with E-state index in [-0.39, 0.29) is 6.03 Å². The number of likely N-dealkylation sites (tertiary alicyclic amines) is 1. The molecule has 0 radical (unpaired) electrons. The molecule has 4 fully saturated rings. The van der Waals surface area contributed by atoms with Gasteiger partial charge in [0.25, 0.3) is 0 Å². The zero-order chi connectivity index (χ0) is 16.7. The van der Waals surface area contributed by atoms with Gasteiger partial charge in [0, 0.05) is 31.1 Å². The largest absolute Gasteiger partial charge is 0.338 e. The van der Waals surface area contributed by atoms with Crippen molar-refractivity contribution in [3.05, 3.63) is 0 Å². The summed E-state index contributed by atoms with van der Waals surface area (Å²) in [6.45, 7) is 3.01. The van der Waals surface area contributed by atoms with E-state index >= 15 is 0 Å². The van der Waals surface area contributed by atoms with Gasteiger partial charge in [-0.2, -0.15) is 0 Å². The number of amides is 3.